The Morgan fingerprint density at radius 1 is 1.43 bits per heavy atom. The summed E-state index contributed by atoms with van der Waals surface area (Å²) >= 11 is 1.98. The van der Waals surface area contributed by atoms with E-state index in [4.69, 9.17) is 10.8 Å². The number of halogens is 2. The zero-order valence-corrected chi connectivity index (χ0v) is 14.1. The van der Waals surface area contributed by atoms with Gasteiger partial charge in [0.15, 0.2) is 0 Å². The first-order chi connectivity index (χ1) is 10.9. The second-order valence-corrected chi connectivity index (χ2v) is 6.08. The lowest BCUT2D eigenvalue weighted by Gasteiger charge is -2.16. The summed E-state index contributed by atoms with van der Waals surface area (Å²) in [6.07, 6.45) is 0.314. The van der Waals surface area contributed by atoms with E-state index in [1.165, 1.54) is 24.4 Å². The Morgan fingerprint density at radius 3 is 2.78 bits per heavy atom. The van der Waals surface area contributed by atoms with E-state index < -0.39 is 24.4 Å². The van der Waals surface area contributed by atoms with E-state index in [1.54, 1.807) is 6.07 Å². The van der Waals surface area contributed by atoms with Gasteiger partial charge in [0.2, 0.25) is 0 Å². The number of aliphatic hydroxyl groups is 2. The molecule has 2 rings (SSSR count). The number of aromatic nitrogens is 1. The molecule has 0 spiro atoms. The average Bonchev–Trinajstić information content (AvgIpc) is 2.50. The maximum absolute atomic E-state index is 14.0. The van der Waals surface area contributed by atoms with Crippen LogP contribution in [0.4, 0.5) is 15.8 Å². The van der Waals surface area contributed by atoms with Crippen LogP contribution in [-0.4, -0.2) is 33.8 Å². The van der Waals surface area contributed by atoms with Gasteiger partial charge in [0, 0.05) is 16.2 Å². The van der Waals surface area contributed by atoms with Crippen LogP contribution in [0.1, 0.15) is 16.1 Å². The highest BCUT2D eigenvalue weighted by Crippen LogP contribution is 2.27. The topological polar surface area (TPSA) is 108 Å². The van der Waals surface area contributed by atoms with Crippen molar-refractivity contribution in [2.45, 2.75) is 12.5 Å². The molecule has 2 aromatic rings. The van der Waals surface area contributed by atoms with Crippen molar-refractivity contribution in [3.63, 3.8) is 0 Å². The van der Waals surface area contributed by atoms with Gasteiger partial charge in [0.1, 0.15) is 5.82 Å². The second kappa shape index (κ2) is 7.66. The number of nitrogens with two attached hydrogens (primary N) is 1. The van der Waals surface area contributed by atoms with Crippen LogP contribution in [0.2, 0.25) is 0 Å². The van der Waals surface area contributed by atoms with Crippen molar-refractivity contribution < 1.29 is 19.4 Å². The van der Waals surface area contributed by atoms with E-state index in [1.807, 2.05) is 22.6 Å². The number of aliphatic hydroxyl groups excluding tert-OH is 2. The fourth-order valence-electron chi connectivity index (χ4n) is 2.02. The Balaban J connectivity index is 2.46. The van der Waals surface area contributed by atoms with E-state index in [2.05, 4.69) is 10.3 Å². The number of nitrogens with zero attached hydrogens (tertiary/aromatic N) is 1. The summed E-state index contributed by atoms with van der Waals surface area (Å²) in [6, 6.07) is 5.98. The molecule has 0 radical (unpaired) electrons. The zero-order valence-electron chi connectivity index (χ0n) is 12.0. The molecule has 23 heavy (non-hydrogen) atoms. The molecule has 0 aliphatic carbocycles. The van der Waals surface area contributed by atoms with E-state index in [0.717, 1.165) is 3.57 Å². The second-order valence-electron chi connectivity index (χ2n) is 4.83. The first-order valence-electron chi connectivity index (χ1n) is 6.71. The number of hydrogen-bond donors (Lipinski definition) is 4. The third kappa shape index (κ3) is 4.36. The molecule has 0 aliphatic heterocycles. The summed E-state index contributed by atoms with van der Waals surface area (Å²) in [5, 5.41) is 21.4. The molecule has 0 saturated heterocycles. The molecule has 1 amide bonds. The third-order valence-electron chi connectivity index (χ3n) is 3.13. The molecule has 1 aromatic carbocycles. The Morgan fingerprint density at radius 2 is 2.17 bits per heavy atom. The van der Waals surface area contributed by atoms with Crippen molar-refractivity contribution in [1.29, 1.82) is 0 Å². The molecule has 0 fully saturated rings. The average molecular weight is 431 g/mol. The van der Waals surface area contributed by atoms with Crippen LogP contribution in [0, 0.1) is 9.39 Å². The summed E-state index contributed by atoms with van der Waals surface area (Å²) in [7, 11) is 0. The monoisotopic (exact) mass is 431 g/mol. The largest absolute Gasteiger partial charge is 0.394 e. The highest BCUT2D eigenvalue weighted by Gasteiger charge is 2.18. The molecular weight excluding hydrogens is 416 g/mol. The number of benzene rings is 1. The van der Waals surface area contributed by atoms with Gasteiger partial charge < -0.3 is 21.3 Å². The van der Waals surface area contributed by atoms with Gasteiger partial charge in [-0.1, -0.05) is 0 Å². The highest BCUT2D eigenvalue weighted by atomic mass is 127. The minimum atomic E-state index is -1.05. The summed E-state index contributed by atoms with van der Waals surface area (Å²) < 4.78 is 14.8. The number of carbonyl (C=O) groups excluding carboxylic acids is 1. The third-order valence-corrected chi connectivity index (χ3v) is 3.80. The number of nitrogens with one attached hydrogen (secondary N) is 1. The quantitative estimate of drug-likeness (QED) is 0.520. The van der Waals surface area contributed by atoms with Gasteiger partial charge in [-0.3, -0.25) is 9.78 Å². The summed E-state index contributed by atoms with van der Waals surface area (Å²) in [5.41, 5.74) is 6.15. The van der Waals surface area contributed by atoms with Gasteiger partial charge in [-0.05, 0) is 46.9 Å². The smallest absolute Gasteiger partial charge is 0.250 e. The highest BCUT2D eigenvalue weighted by molar-refractivity contribution is 14.1. The van der Waals surface area contributed by atoms with Crippen LogP contribution < -0.4 is 11.1 Å². The van der Waals surface area contributed by atoms with E-state index in [0.29, 0.717) is 5.69 Å². The van der Waals surface area contributed by atoms with Crippen molar-refractivity contribution in [3.8, 4) is 0 Å². The van der Waals surface area contributed by atoms with Crippen LogP contribution >= 0.6 is 22.6 Å². The summed E-state index contributed by atoms with van der Waals surface area (Å²) in [5.74, 6) is -1.20. The molecule has 1 atom stereocenters. The summed E-state index contributed by atoms with van der Waals surface area (Å²) in [6.45, 7) is -0.459. The van der Waals surface area contributed by atoms with Crippen molar-refractivity contribution in [1.82, 2.24) is 4.98 Å². The molecule has 0 unspecified atom stereocenters. The first-order valence-corrected chi connectivity index (χ1v) is 7.79. The predicted octanol–water partition coefficient (Wildman–Crippen LogP) is 1.56. The number of pyridine rings is 1. The normalized spacial score (nSPS) is 12.0. The van der Waals surface area contributed by atoms with Crippen molar-refractivity contribution >= 4 is 39.9 Å². The number of rotatable bonds is 6. The molecule has 0 bridgehead atoms. The lowest BCUT2D eigenvalue weighted by atomic mass is 10.1. The maximum atomic E-state index is 14.0. The minimum Gasteiger partial charge on any atom is -0.394 e. The van der Waals surface area contributed by atoms with Gasteiger partial charge >= 0.3 is 0 Å². The van der Waals surface area contributed by atoms with Gasteiger partial charge in [-0.15, -0.1) is 0 Å². The van der Waals surface area contributed by atoms with Gasteiger partial charge in [0.05, 0.1) is 35.3 Å². The van der Waals surface area contributed by atoms with Crippen molar-refractivity contribution in [2.24, 2.45) is 5.73 Å². The predicted molar refractivity (Wildman–Crippen MR) is 92.0 cm³/mol. The molecule has 6 nitrogen and oxygen atoms in total. The Hall–Kier alpha value is -1.78. The lowest BCUT2D eigenvalue weighted by molar-refractivity contribution is 0.0946. The Bertz CT molecular complexity index is 727. The van der Waals surface area contributed by atoms with Crippen molar-refractivity contribution in [2.75, 3.05) is 11.9 Å². The van der Waals surface area contributed by atoms with E-state index >= 15 is 0 Å². The molecule has 1 aromatic heterocycles. The Labute approximate surface area is 145 Å². The van der Waals surface area contributed by atoms with Gasteiger partial charge in [0.25, 0.3) is 5.91 Å². The van der Waals surface area contributed by atoms with Crippen LogP contribution in [0.25, 0.3) is 0 Å². The van der Waals surface area contributed by atoms with Crippen LogP contribution in [-0.2, 0) is 6.42 Å². The first kappa shape index (κ1) is 17.6. The SMILES string of the molecule is NC(=O)c1ccnc(C[C@H](O)CO)c1Nc1ccc(I)cc1F. The standard InChI is InChI=1S/C15H15FIN3O3/c16-11-5-8(17)1-2-12(11)20-14-10(15(18)23)3-4-19-13(14)6-9(22)7-21/h1-5,9,20-22H,6-7H2,(H2,18,23)/t9-/m0/s1. The molecule has 0 saturated carbocycles. The minimum absolute atomic E-state index is 0.00800. The summed E-state index contributed by atoms with van der Waals surface area (Å²) in [4.78, 5) is 15.7. The molecule has 5 N–H and O–H groups in total. The number of hydrogen-bond acceptors (Lipinski definition) is 5. The van der Waals surface area contributed by atoms with E-state index in [-0.39, 0.29) is 23.4 Å². The fraction of sp³-hybridized carbons (Fsp3) is 0.200. The van der Waals surface area contributed by atoms with Crippen LogP contribution in [0.15, 0.2) is 30.5 Å². The molecular formula is C15H15FIN3O3. The van der Waals surface area contributed by atoms with Gasteiger partial charge in [-0.2, -0.15) is 0 Å². The molecule has 122 valence electrons. The maximum Gasteiger partial charge on any atom is 0.250 e. The number of amides is 1. The van der Waals surface area contributed by atoms with Crippen LogP contribution in [0.5, 0.6) is 0 Å². The van der Waals surface area contributed by atoms with Crippen molar-refractivity contribution in [3.05, 3.63) is 51.1 Å². The fourth-order valence-corrected chi connectivity index (χ4v) is 2.47. The van der Waals surface area contributed by atoms with Crippen LogP contribution in [0.3, 0.4) is 0 Å². The number of anilines is 2. The Kier molecular flexibility index (Phi) is 5.85. The van der Waals surface area contributed by atoms with E-state index in [9.17, 15) is 14.3 Å². The number of primary amides is 1. The molecule has 8 heteroatoms. The molecule has 0 aliphatic rings. The number of carbonyl (C=O) groups is 1. The zero-order chi connectivity index (χ0) is 17.0. The van der Waals surface area contributed by atoms with Gasteiger partial charge in [-0.25, -0.2) is 4.39 Å². The lowest BCUT2D eigenvalue weighted by Crippen LogP contribution is -2.20. The molecule has 1 heterocycles.